The fourth-order valence-corrected chi connectivity index (χ4v) is 2.68. The second kappa shape index (κ2) is 7.09. The Balaban J connectivity index is 2.12. The Hall–Kier alpha value is -2.34. The lowest BCUT2D eigenvalue weighted by Crippen LogP contribution is -2.19. The van der Waals surface area contributed by atoms with E-state index in [9.17, 15) is 8.42 Å². The average Bonchev–Trinajstić information content (AvgIpc) is 2.54. The number of hydrazone groups is 1. The van der Waals surface area contributed by atoms with E-state index in [1.807, 2.05) is 31.2 Å². The van der Waals surface area contributed by atoms with Crippen LogP contribution in [0.3, 0.4) is 0 Å². The van der Waals surface area contributed by atoms with Gasteiger partial charge in [0.05, 0.1) is 17.2 Å². The van der Waals surface area contributed by atoms with Crippen LogP contribution in [-0.2, 0) is 10.0 Å². The van der Waals surface area contributed by atoms with Crippen molar-refractivity contribution in [2.75, 3.05) is 6.61 Å². The van der Waals surface area contributed by atoms with Crippen LogP contribution in [0.1, 0.15) is 19.4 Å². The van der Waals surface area contributed by atoms with Crippen LogP contribution in [0, 0.1) is 0 Å². The average molecular weight is 318 g/mol. The van der Waals surface area contributed by atoms with Gasteiger partial charge in [0.2, 0.25) is 0 Å². The van der Waals surface area contributed by atoms with E-state index in [1.54, 1.807) is 25.1 Å². The first-order valence-electron chi connectivity index (χ1n) is 6.87. The van der Waals surface area contributed by atoms with Gasteiger partial charge in [0.25, 0.3) is 10.0 Å². The monoisotopic (exact) mass is 318 g/mol. The fourth-order valence-electron chi connectivity index (χ4n) is 1.80. The van der Waals surface area contributed by atoms with Crippen LogP contribution in [0.5, 0.6) is 5.75 Å². The Morgan fingerprint density at radius 3 is 2.32 bits per heavy atom. The summed E-state index contributed by atoms with van der Waals surface area (Å²) < 4.78 is 29.5. The van der Waals surface area contributed by atoms with Crippen LogP contribution in [0.25, 0.3) is 0 Å². The molecular formula is C16H18N2O3S. The Labute approximate surface area is 130 Å². The first-order chi connectivity index (χ1) is 10.5. The second-order valence-electron chi connectivity index (χ2n) is 4.56. The molecule has 5 nitrogen and oxygen atoms in total. The van der Waals surface area contributed by atoms with E-state index in [0.29, 0.717) is 12.3 Å². The predicted octanol–water partition coefficient (Wildman–Crippen LogP) is 2.79. The molecule has 0 aromatic heterocycles. The summed E-state index contributed by atoms with van der Waals surface area (Å²) in [5, 5.41) is 3.96. The van der Waals surface area contributed by atoms with E-state index >= 15 is 0 Å². The van der Waals surface area contributed by atoms with Gasteiger partial charge in [0.15, 0.2) is 0 Å². The normalized spacial score (nSPS) is 12.0. The minimum Gasteiger partial charge on any atom is -0.494 e. The maximum absolute atomic E-state index is 12.1. The van der Waals surface area contributed by atoms with Gasteiger partial charge in [0.1, 0.15) is 5.75 Å². The highest BCUT2D eigenvalue weighted by atomic mass is 32.2. The van der Waals surface area contributed by atoms with E-state index in [0.717, 1.165) is 11.3 Å². The lowest BCUT2D eigenvalue weighted by Gasteiger charge is -2.06. The summed E-state index contributed by atoms with van der Waals surface area (Å²) >= 11 is 0. The Morgan fingerprint density at radius 1 is 1.09 bits per heavy atom. The van der Waals surface area contributed by atoms with Crippen molar-refractivity contribution in [2.24, 2.45) is 5.10 Å². The number of nitrogens with one attached hydrogen (secondary N) is 1. The van der Waals surface area contributed by atoms with Gasteiger partial charge in [-0.3, -0.25) is 0 Å². The number of nitrogens with zero attached hydrogens (tertiary/aromatic N) is 1. The zero-order chi connectivity index (χ0) is 16.0. The van der Waals surface area contributed by atoms with Crippen molar-refractivity contribution >= 4 is 15.7 Å². The van der Waals surface area contributed by atoms with E-state index in [4.69, 9.17) is 4.74 Å². The van der Waals surface area contributed by atoms with Crippen LogP contribution in [0.2, 0.25) is 0 Å². The number of rotatable bonds is 6. The summed E-state index contributed by atoms with van der Waals surface area (Å²) in [6.07, 6.45) is 0. The lowest BCUT2D eigenvalue weighted by molar-refractivity contribution is 0.340. The van der Waals surface area contributed by atoms with Crippen molar-refractivity contribution in [3.05, 3.63) is 60.2 Å². The molecule has 0 saturated carbocycles. The molecule has 0 atom stereocenters. The molecule has 2 rings (SSSR count). The molecule has 0 spiro atoms. The number of sulfonamides is 1. The van der Waals surface area contributed by atoms with Crippen LogP contribution < -0.4 is 9.57 Å². The summed E-state index contributed by atoms with van der Waals surface area (Å²) in [6, 6.07) is 15.4. The predicted molar refractivity (Wildman–Crippen MR) is 86.6 cm³/mol. The van der Waals surface area contributed by atoms with Gasteiger partial charge in [-0.1, -0.05) is 18.2 Å². The summed E-state index contributed by atoms with van der Waals surface area (Å²) in [5.41, 5.74) is 1.39. The van der Waals surface area contributed by atoms with Gasteiger partial charge in [0, 0.05) is 0 Å². The summed E-state index contributed by atoms with van der Waals surface area (Å²) in [7, 11) is -3.64. The molecule has 0 heterocycles. The van der Waals surface area contributed by atoms with Gasteiger partial charge in [-0.05, 0) is 55.8 Å². The molecule has 1 N–H and O–H groups in total. The van der Waals surface area contributed by atoms with Crippen LogP contribution >= 0.6 is 0 Å². The van der Waals surface area contributed by atoms with Crippen LogP contribution in [-0.4, -0.2) is 20.7 Å². The van der Waals surface area contributed by atoms with Gasteiger partial charge in [-0.15, -0.1) is 0 Å². The quantitative estimate of drug-likeness (QED) is 0.658. The topological polar surface area (TPSA) is 67.8 Å². The highest BCUT2D eigenvalue weighted by Crippen LogP contribution is 2.13. The molecule has 0 aliphatic carbocycles. The standard InChI is InChI=1S/C16H18N2O3S/c1-3-21-15-11-9-14(10-12-15)13(2)17-18-22(19,20)16-7-5-4-6-8-16/h4-12,18H,3H2,1-2H3/b17-13-. The smallest absolute Gasteiger partial charge is 0.276 e. The number of hydrogen-bond donors (Lipinski definition) is 1. The third-order valence-electron chi connectivity index (χ3n) is 2.97. The van der Waals surface area contributed by atoms with Crippen LogP contribution in [0.4, 0.5) is 0 Å². The van der Waals surface area contributed by atoms with Gasteiger partial charge < -0.3 is 4.74 Å². The molecule has 6 heteroatoms. The molecular weight excluding hydrogens is 300 g/mol. The molecule has 22 heavy (non-hydrogen) atoms. The maximum Gasteiger partial charge on any atom is 0.276 e. The van der Waals surface area contributed by atoms with Crippen molar-refractivity contribution in [3.8, 4) is 5.75 Å². The molecule has 2 aromatic carbocycles. The molecule has 0 saturated heterocycles. The molecule has 0 unspecified atom stereocenters. The first-order valence-corrected chi connectivity index (χ1v) is 8.35. The maximum atomic E-state index is 12.1. The molecule has 116 valence electrons. The highest BCUT2D eigenvalue weighted by molar-refractivity contribution is 7.89. The van der Waals surface area contributed by atoms with Gasteiger partial charge >= 0.3 is 0 Å². The molecule has 0 aliphatic heterocycles. The second-order valence-corrected chi connectivity index (χ2v) is 6.22. The first kappa shape index (κ1) is 16.0. The van der Waals surface area contributed by atoms with Gasteiger partial charge in [-0.2, -0.15) is 18.4 Å². The third kappa shape index (κ3) is 4.08. The Kier molecular flexibility index (Phi) is 5.16. The molecule has 0 amide bonds. The number of hydrogen-bond acceptors (Lipinski definition) is 4. The highest BCUT2D eigenvalue weighted by Gasteiger charge is 2.11. The molecule has 0 bridgehead atoms. The van der Waals surface area contributed by atoms with Crippen LogP contribution in [0.15, 0.2) is 64.6 Å². The van der Waals surface area contributed by atoms with Crippen molar-refractivity contribution in [2.45, 2.75) is 18.7 Å². The van der Waals surface area contributed by atoms with Crippen molar-refractivity contribution in [1.29, 1.82) is 0 Å². The summed E-state index contributed by atoms with van der Waals surface area (Å²) in [5.74, 6) is 0.768. The van der Waals surface area contributed by atoms with E-state index < -0.39 is 10.0 Å². The van der Waals surface area contributed by atoms with E-state index in [1.165, 1.54) is 12.1 Å². The zero-order valence-corrected chi connectivity index (χ0v) is 13.3. The van der Waals surface area contributed by atoms with Gasteiger partial charge in [-0.25, -0.2) is 0 Å². The molecule has 2 aromatic rings. The van der Waals surface area contributed by atoms with Crippen molar-refractivity contribution in [1.82, 2.24) is 4.83 Å². The molecule has 0 radical (unpaired) electrons. The van der Waals surface area contributed by atoms with Crippen molar-refractivity contribution in [3.63, 3.8) is 0 Å². The fraction of sp³-hybridized carbons (Fsp3) is 0.188. The SMILES string of the molecule is CCOc1ccc(/C(C)=N\NS(=O)(=O)c2ccccc2)cc1. The molecule has 0 fully saturated rings. The number of benzene rings is 2. The molecule has 0 aliphatic rings. The van der Waals surface area contributed by atoms with Crippen molar-refractivity contribution < 1.29 is 13.2 Å². The minimum absolute atomic E-state index is 0.179. The van der Waals surface area contributed by atoms with E-state index in [2.05, 4.69) is 9.93 Å². The number of ether oxygens (including phenoxy) is 1. The Morgan fingerprint density at radius 2 is 1.73 bits per heavy atom. The van der Waals surface area contributed by atoms with E-state index in [-0.39, 0.29) is 4.90 Å². The minimum atomic E-state index is -3.64. The summed E-state index contributed by atoms with van der Waals surface area (Å²) in [4.78, 5) is 2.42. The largest absolute Gasteiger partial charge is 0.494 e. The Bertz CT molecular complexity index is 739. The summed E-state index contributed by atoms with van der Waals surface area (Å²) in [6.45, 7) is 4.26. The third-order valence-corrected chi connectivity index (χ3v) is 4.19. The lowest BCUT2D eigenvalue weighted by atomic mass is 10.1. The zero-order valence-electron chi connectivity index (χ0n) is 12.5.